The average Bonchev–Trinajstić information content (AvgIpc) is 3.18. The molecule has 0 fully saturated rings. The van der Waals surface area contributed by atoms with Gasteiger partial charge in [-0.2, -0.15) is 18.4 Å². The van der Waals surface area contributed by atoms with Crippen LogP contribution in [0.3, 0.4) is 0 Å². The molecule has 0 radical (unpaired) electrons. The Hall–Kier alpha value is -3.13. The van der Waals surface area contributed by atoms with Gasteiger partial charge < -0.3 is 15.1 Å². The number of halogens is 4. The molecular formula is C28H31ClF3N5OSi. The van der Waals surface area contributed by atoms with Gasteiger partial charge in [0.05, 0.1) is 28.2 Å². The molecule has 0 bridgehead atoms. The molecule has 4 rings (SSSR count). The Morgan fingerprint density at radius 1 is 1.18 bits per heavy atom. The van der Waals surface area contributed by atoms with Gasteiger partial charge in [0, 0.05) is 35.3 Å². The average molecular weight is 574 g/mol. The first-order valence-corrected chi connectivity index (χ1v) is 15.8. The molecule has 2 heterocycles. The molecule has 2 N–H and O–H groups in total. The van der Waals surface area contributed by atoms with Crippen molar-refractivity contribution >= 4 is 37.2 Å². The van der Waals surface area contributed by atoms with E-state index in [1.165, 1.54) is 18.3 Å². The lowest BCUT2D eigenvalue weighted by Gasteiger charge is -2.39. The van der Waals surface area contributed by atoms with Crippen molar-refractivity contribution in [2.24, 2.45) is 0 Å². The Morgan fingerprint density at radius 3 is 2.54 bits per heavy atom. The molecule has 2 aromatic carbocycles. The molecule has 1 aliphatic heterocycles. The summed E-state index contributed by atoms with van der Waals surface area (Å²) >= 11 is 5.96. The molecule has 1 atom stereocenters. The molecule has 1 aliphatic rings. The van der Waals surface area contributed by atoms with Crippen LogP contribution in [0.1, 0.15) is 44.4 Å². The molecule has 206 valence electrons. The number of benzene rings is 2. The van der Waals surface area contributed by atoms with E-state index in [4.69, 9.17) is 16.0 Å². The van der Waals surface area contributed by atoms with E-state index in [0.717, 1.165) is 17.3 Å². The summed E-state index contributed by atoms with van der Waals surface area (Å²) in [5, 5.41) is 16.2. The topological polar surface area (TPSA) is 82.9 Å². The Balaban J connectivity index is 1.70. The Bertz CT molecular complexity index is 1450. The van der Waals surface area contributed by atoms with Crippen LogP contribution in [0.15, 0.2) is 42.6 Å². The van der Waals surface area contributed by atoms with E-state index in [9.17, 15) is 18.4 Å². The number of nitriles is 1. The highest BCUT2D eigenvalue weighted by Gasteiger charge is 2.42. The van der Waals surface area contributed by atoms with Gasteiger partial charge in [0.1, 0.15) is 6.07 Å². The first kappa shape index (κ1) is 28.9. The third-order valence-corrected chi connectivity index (χ3v) is 12.3. The van der Waals surface area contributed by atoms with E-state index in [1.54, 1.807) is 12.1 Å². The molecule has 1 unspecified atom stereocenters. The fraction of sp³-hybridized carbons (Fsp3) is 0.393. The molecule has 3 aromatic rings. The summed E-state index contributed by atoms with van der Waals surface area (Å²) in [5.74, 6) is -0.0265. The van der Waals surface area contributed by atoms with Gasteiger partial charge >= 0.3 is 6.18 Å². The summed E-state index contributed by atoms with van der Waals surface area (Å²) in [6.45, 7) is 14.2. The number of hydrogen-bond donors (Lipinski definition) is 2. The Kier molecular flexibility index (Phi) is 7.49. The van der Waals surface area contributed by atoms with Crippen molar-refractivity contribution in [3.05, 3.63) is 64.3 Å². The minimum absolute atomic E-state index is 0.0265. The molecule has 11 heteroatoms. The van der Waals surface area contributed by atoms with E-state index in [1.807, 2.05) is 6.07 Å². The number of fused-ring (bicyclic) bond motifs is 1. The molecular weight excluding hydrogens is 543 g/mol. The summed E-state index contributed by atoms with van der Waals surface area (Å²) in [6, 6.07) is 10.9. The predicted octanol–water partition coefficient (Wildman–Crippen LogP) is 8.14. The van der Waals surface area contributed by atoms with Gasteiger partial charge in [0.15, 0.2) is 8.32 Å². The maximum absolute atomic E-state index is 13.5. The third-order valence-electron chi connectivity index (χ3n) is 7.61. The van der Waals surface area contributed by atoms with Crippen molar-refractivity contribution in [3.63, 3.8) is 0 Å². The number of aromatic nitrogens is 2. The zero-order valence-electron chi connectivity index (χ0n) is 22.7. The van der Waals surface area contributed by atoms with Crippen molar-refractivity contribution in [3.8, 4) is 17.3 Å². The number of nitrogens with one attached hydrogen (secondary N) is 2. The molecule has 0 saturated heterocycles. The minimum Gasteiger partial charge on any atom is -0.416 e. The second kappa shape index (κ2) is 10.1. The lowest BCUT2D eigenvalue weighted by molar-refractivity contribution is -0.136. The van der Waals surface area contributed by atoms with Crippen molar-refractivity contribution in [1.29, 1.82) is 5.26 Å². The first-order valence-electron chi connectivity index (χ1n) is 12.5. The van der Waals surface area contributed by atoms with Gasteiger partial charge in [-0.15, -0.1) is 0 Å². The van der Waals surface area contributed by atoms with Gasteiger partial charge in [-0.3, -0.25) is 0 Å². The van der Waals surface area contributed by atoms with Gasteiger partial charge in [0.25, 0.3) is 0 Å². The zero-order chi connectivity index (χ0) is 28.8. The molecule has 0 amide bonds. The molecule has 0 saturated carbocycles. The molecule has 0 aliphatic carbocycles. The smallest absolute Gasteiger partial charge is 0.416 e. The van der Waals surface area contributed by atoms with Crippen LogP contribution in [0.4, 0.5) is 30.5 Å². The van der Waals surface area contributed by atoms with Crippen LogP contribution in [-0.4, -0.2) is 31.4 Å². The largest absolute Gasteiger partial charge is 0.418 e. The maximum atomic E-state index is 13.5. The quantitative estimate of drug-likeness (QED) is 0.290. The summed E-state index contributed by atoms with van der Waals surface area (Å²) in [4.78, 5) is 8.58. The van der Waals surface area contributed by atoms with Crippen molar-refractivity contribution in [1.82, 2.24) is 9.97 Å². The standard InChI is InChI=1S/C28H31ClF3N5OSi/c1-26(2,3)39(5,6)38-16-27(4)15-35-24-18(14-33)11-17(12-21(24)27)22-9-10-34-25(36-22)37-23-13-19(29)7-8-20(23)28(30,31)32/h7-13,35H,15-16H2,1-6H3,(H,34,36,37). The lowest BCUT2D eigenvalue weighted by atomic mass is 9.83. The third kappa shape index (κ3) is 5.90. The van der Waals surface area contributed by atoms with E-state index in [0.29, 0.717) is 30.0 Å². The number of nitrogens with zero attached hydrogens (tertiary/aromatic N) is 3. The SMILES string of the molecule is CC1(CO[Si](C)(C)C(C)(C)C)CNc2c(C#N)cc(-c3ccnc(Nc4cc(Cl)ccc4C(F)(F)F)n3)cc21. The molecule has 0 spiro atoms. The number of hydrogen-bond acceptors (Lipinski definition) is 6. The predicted molar refractivity (Wildman–Crippen MR) is 151 cm³/mol. The summed E-state index contributed by atoms with van der Waals surface area (Å²) in [6.07, 6.45) is -3.13. The van der Waals surface area contributed by atoms with Crippen LogP contribution >= 0.6 is 11.6 Å². The second-order valence-electron chi connectivity index (χ2n) is 11.6. The highest BCUT2D eigenvalue weighted by molar-refractivity contribution is 6.74. The van der Waals surface area contributed by atoms with Crippen LogP contribution in [0.25, 0.3) is 11.3 Å². The fourth-order valence-corrected chi connectivity index (χ4v) is 5.46. The van der Waals surface area contributed by atoms with Gasteiger partial charge in [-0.1, -0.05) is 39.3 Å². The fourth-order valence-electron chi connectivity index (χ4n) is 4.18. The second-order valence-corrected chi connectivity index (χ2v) is 16.8. The monoisotopic (exact) mass is 573 g/mol. The van der Waals surface area contributed by atoms with E-state index in [-0.39, 0.29) is 27.1 Å². The van der Waals surface area contributed by atoms with Gasteiger partial charge in [-0.25, -0.2) is 9.97 Å². The lowest BCUT2D eigenvalue weighted by Crippen LogP contribution is -2.45. The normalized spacial score (nSPS) is 17.4. The molecule has 39 heavy (non-hydrogen) atoms. The summed E-state index contributed by atoms with van der Waals surface area (Å²) in [5.41, 5.74) is 1.76. The number of anilines is 3. The Morgan fingerprint density at radius 2 is 1.90 bits per heavy atom. The molecule has 6 nitrogen and oxygen atoms in total. The van der Waals surface area contributed by atoms with Crippen molar-refractivity contribution in [2.75, 3.05) is 23.8 Å². The Labute approximate surface area is 232 Å². The van der Waals surface area contributed by atoms with Crippen LogP contribution in [0.5, 0.6) is 0 Å². The van der Waals surface area contributed by atoms with Crippen LogP contribution < -0.4 is 10.6 Å². The summed E-state index contributed by atoms with van der Waals surface area (Å²) in [7, 11) is -2.02. The van der Waals surface area contributed by atoms with Crippen LogP contribution in [-0.2, 0) is 16.0 Å². The highest BCUT2D eigenvalue weighted by atomic mass is 35.5. The van der Waals surface area contributed by atoms with E-state index >= 15 is 0 Å². The molecule has 1 aromatic heterocycles. The number of alkyl halides is 3. The highest BCUT2D eigenvalue weighted by Crippen LogP contribution is 2.44. The van der Waals surface area contributed by atoms with Gasteiger partial charge in [0.2, 0.25) is 5.95 Å². The first-order chi connectivity index (χ1) is 18.0. The van der Waals surface area contributed by atoms with E-state index < -0.39 is 20.1 Å². The van der Waals surface area contributed by atoms with Crippen LogP contribution in [0, 0.1) is 11.3 Å². The zero-order valence-corrected chi connectivity index (χ0v) is 24.5. The number of rotatable bonds is 6. The minimum atomic E-state index is -4.59. The van der Waals surface area contributed by atoms with Crippen LogP contribution in [0.2, 0.25) is 23.2 Å². The summed E-state index contributed by atoms with van der Waals surface area (Å²) < 4.78 is 47.2. The van der Waals surface area contributed by atoms with Crippen molar-refractivity contribution < 1.29 is 17.6 Å². The van der Waals surface area contributed by atoms with Gasteiger partial charge in [-0.05, 0) is 60.1 Å². The van der Waals surface area contributed by atoms with E-state index in [2.05, 4.69) is 67.5 Å². The maximum Gasteiger partial charge on any atom is 0.418 e. The van der Waals surface area contributed by atoms with Crippen molar-refractivity contribution in [2.45, 2.75) is 57.4 Å².